The quantitative estimate of drug-likeness (QED) is 0.825. The van der Waals surface area contributed by atoms with Crippen LogP contribution in [0.1, 0.15) is 12.5 Å². The summed E-state index contributed by atoms with van der Waals surface area (Å²) in [6.07, 6.45) is 2.55. The Kier molecular flexibility index (Phi) is 5.28. The maximum absolute atomic E-state index is 5.88. The Morgan fingerprint density at radius 2 is 1.90 bits per heavy atom. The number of ether oxygens (including phenoxy) is 2. The molecule has 5 heteroatoms. The van der Waals surface area contributed by atoms with Gasteiger partial charge in [0.15, 0.2) is 11.5 Å². The van der Waals surface area contributed by atoms with E-state index in [-0.39, 0.29) is 6.04 Å². The first-order valence-electron chi connectivity index (χ1n) is 6.71. The maximum Gasteiger partial charge on any atom is 0.160 e. The normalized spacial score (nSPS) is 11.8. The summed E-state index contributed by atoms with van der Waals surface area (Å²) < 4.78 is 10.6. The van der Waals surface area contributed by atoms with Gasteiger partial charge in [-0.1, -0.05) is 17.7 Å². The first-order chi connectivity index (χ1) is 10.1. The van der Waals surface area contributed by atoms with E-state index in [2.05, 4.69) is 17.2 Å². The highest BCUT2D eigenvalue weighted by Crippen LogP contribution is 2.28. The van der Waals surface area contributed by atoms with E-state index in [9.17, 15) is 0 Å². The third-order valence-electron chi connectivity index (χ3n) is 3.13. The van der Waals surface area contributed by atoms with E-state index >= 15 is 0 Å². The lowest BCUT2D eigenvalue weighted by atomic mass is 10.1. The van der Waals surface area contributed by atoms with Gasteiger partial charge in [0, 0.05) is 17.9 Å². The first-order valence-corrected chi connectivity index (χ1v) is 7.09. The van der Waals surface area contributed by atoms with Crippen LogP contribution in [0.25, 0.3) is 0 Å². The number of hydrogen-bond donors (Lipinski definition) is 1. The highest BCUT2D eigenvalue weighted by atomic mass is 35.5. The second-order valence-corrected chi connectivity index (χ2v) is 5.19. The van der Waals surface area contributed by atoms with Gasteiger partial charge in [-0.2, -0.15) is 0 Å². The lowest BCUT2D eigenvalue weighted by molar-refractivity contribution is 0.354. The number of nitrogens with zero attached hydrogens (tertiary/aromatic N) is 1. The molecule has 0 spiro atoms. The summed E-state index contributed by atoms with van der Waals surface area (Å²) in [6.45, 7) is 2.12. The fourth-order valence-corrected chi connectivity index (χ4v) is 2.36. The number of anilines is 1. The van der Waals surface area contributed by atoms with Crippen LogP contribution in [0.4, 0.5) is 5.69 Å². The van der Waals surface area contributed by atoms with Gasteiger partial charge < -0.3 is 14.8 Å². The van der Waals surface area contributed by atoms with Crippen molar-refractivity contribution in [1.29, 1.82) is 0 Å². The monoisotopic (exact) mass is 306 g/mol. The van der Waals surface area contributed by atoms with Crippen LogP contribution in [-0.4, -0.2) is 25.2 Å². The molecule has 0 aliphatic heterocycles. The molecule has 0 amide bonds. The number of rotatable bonds is 6. The number of benzene rings is 1. The first kappa shape index (κ1) is 15.4. The van der Waals surface area contributed by atoms with Gasteiger partial charge in [-0.15, -0.1) is 0 Å². The Labute approximate surface area is 130 Å². The van der Waals surface area contributed by atoms with E-state index < -0.39 is 0 Å². The molecule has 112 valence electrons. The zero-order chi connectivity index (χ0) is 15.2. The highest BCUT2D eigenvalue weighted by molar-refractivity contribution is 6.29. The van der Waals surface area contributed by atoms with Crippen LogP contribution in [0.5, 0.6) is 11.5 Å². The average Bonchev–Trinajstić information content (AvgIpc) is 2.47. The minimum absolute atomic E-state index is 0.251. The molecule has 0 saturated heterocycles. The number of pyridine rings is 1. The summed E-state index contributed by atoms with van der Waals surface area (Å²) >= 11 is 5.88. The molecule has 1 heterocycles. The molecule has 1 unspecified atom stereocenters. The smallest absolute Gasteiger partial charge is 0.160 e. The zero-order valence-electron chi connectivity index (χ0n) is 12.4. The van der Waals surface area contributed by atoms with Gasteiger partial charge in [0.1, 0.15) is 5.15 Å². The van der Waals surface area contributed by atoms with Crippen molar-refractivity contribution in [3.63, 3.8) is 0 Å². The van der Waals surface area contributed by atoms with Gasteiger partial charge in [0.25, 0.3) is 0 Å². The van der Waals surface area contributed by atoms with Gasteiger partial charge in [-0.25, -0.2) is 4.98 Å². The summed E-state index contributed by atoms with van der Waals surface area (Å²) in [5, 5.41) is 3.89. The third kappa shape index (κ3) is 4.26. The van der Waals surface area contributed by atoms with Crippen molar-refractivity contribution in [2.45, 2.75) is 19.4 Å². The van der Waals surface area contributed by atoms with Crippen LogP contribution < -0.4 is 14.8 Å². The van der Waals surface area contributed by atoms with Crippen molar-refractivity contribution in [3.8, 4) is 11.5 Å². The van der Waals surface area contributed by atoms with Crippen LogP contribution in [0.3, 0.4) is 0 Å². The topological polar surface area (TPSA) is 43.4 Å². The SMILES string of the molecule is COc1ccc(CC(C)Nc2ccnc(Cl)c2)cc1OC. The predicted molar refractivity (Wildman–Crippen MR) is 85.6 cm³/mol. The van der Waals surface area contributed by atoms with Crippen LogP contribution in [0.15, 0.2) is 36.5 Å². The van der Waals surface area contributed by atoms with E-state index in [1.54, 1.807) is 20.4 Å². The Morgan fingerprint density at radius 1 is 1.14 bits per heavy atom. The van der Waals surface area contributed by atoms with Crippen LogP contribution >= 0.6 is 11.6 Å². The molecule has 0 radical (unpaired) electrons. The second kappa shape index (κ2) is 7.18. The number of methoxy groups -OCH3 is 2. The second-order valence-electron chi connectivity index (χ2n) is 4.81. The number of aromatic nitrogens is 1. The molecular formula is C16H19ClN2O2. The Hall–Kier alpha value is -1.94. The van der Waals surface area contributed by atoms with E-state index in [1.807, 2.05) is 30.3 Å². The lowest BCUT2D eigenvalue weighted by Gasteiger charge is -2.16. The summed E-state index contributed by atoms with van der Waals surface area (Å²) in [6, 6.07) is 9.92. The van der Waals surface area contributed by atoms with Crippen LogP contribution in [-0.2, 0) is 6.42 Å². The Morgan fingerprint density at radius 3 is 2.57 bits per heavy atom. The van der Waals surface area contributed by atoms with E-state index in [4.69, 9.17) is 21.1 Å². The fraction of sp³-hybridized carbons (Fsp3) is 0.312. The van der Waals surface area contributed by atoms with Crippen LogP contribution in [0.2, 0.25) is 5.15 Å². The molecular weight excluding hydrogens is 288 g/mol. The van der Waals surface area contributed by atoms with Crippen molar-refractivity contribution in [1.82, 2.24) is 4.98 Å². The van der Waals surface area contributed by atoms with Crippen molar-refractivity contribution in [2.24, 2.45) is 0 Å². The number of hydrogen-bond acceptors (Lipinski definition) is 4. The summed E-state index contributed by atoms with van der Waals surface area (Å²) in [5.41, 5.74) is 2.13. The summed E-state index contributed by atoms with van der Waals surface area (Å²) in [7, 11) is 3.27. The fourth-order valence-electron chi connectivity index (χ4n) is 2.19. The van der Waals surface area contributed by atoms with Gasteiger partial charge in [0.05, 0.1) is 14.2 Å². The van der Waals surface area contributed by atoms with Gasteiger partial charge in [0.2, 0.25) is 0 Å². The standard InChI is InChI=1S/C16H19ClN2O2/c1-11(19-13-6-7-18-16(17)10-13)8-12-4-5-14(20-2)15(9-12)21-3/h4-7,9-11H,8H2,1-3H3,(H,18,19). The summed E-state index contributed by atoms with van der Waals surface area (Å²) in [5.74, 6) is 1.48. The molecule has 1 aromatic heterocycles. The van der Waals surface area contributed by atoms with Gasteiger partial charge in [-0.05, 0) is 43.2 Å². The molecule has 1 atom stereocenters. The molecule has 4 nitrogen and oxygen atoms in total. The van der Waals surface area contributed by atoms with Crippen molar-refractivity contribution >= 4 is 17.3 Å². The third-order valence-corrected chi connectivity index (χ3v) is 3.34. The molecule has 2 aromatic rings. The summed E-state index contributed by atoms with van der Waals surface area (Å²) in [4.78, 5) is 3.97. The van der Waals surface area contributed by atoms with Crippen molar-refractivity contribution in [2.75, 3.05) is 19.5 Å². The minimum Gasteiger partial charge on any atom is -0.493 e. The van der Waals surface area contributed by atoms with Gasteiger partial charge in [-0.3, -0.25) is 0 Å². The number of halogens is 1. The molecule has 0 saturated carbocycles. The Balaban J connectivity index is 2.04. The molecule has 0 aliphatic carbocycles. The maximum atomic E-state index is 5.88. The average molecular weight is 307 g/mol. The van der Waals surface area contributed by atoms with Crippen LogP contribution in [0, 0.1) is 0 Å². The highest BCUT2D eigenvalue weighted by Gasteiger charge is 2.08. The van der Waals surface area contributed by atoms with Crippen molar-refractivity contribution in [3.05, 3.63) is 47.2 Å². The molecule has 1 aromatic carbocycles. The molecule has 21 heavy (non-hydrogen) atoms. The molecule has 0 bridgehead atoms. The van der Waals surface area contributed by atoms with E-state index in [0.717, 1.165) is 23.6 Å². The minimum atomic E-state index is 0.251. The zero-order valence-corrected chi connectivity index (χ0v) is 13.1. The predicted octanol–water partition coefficient (Wildman–Crippen LogP) is 3.80. The Bertz CT molecular complexity index is 605. The molecule has 2 rings (SSSR count). The van der Waals surface area contributed by atoms with Crippen molar-refractivity contribution < 1.29 is 9.47 Å². The molecule has 0 fully saturated rings. The molecule has 0 aliphatic rings. The number of nitrogens with one attached hydrogen (secondary N) is 1. The van der Waals surface area contributed by atoms with E-state index in [1.165, 1.54) is 5.56 Å². The van der Waals surface area contributed by atoms with E-state index in [0.29, 0.717) is 5.15 Å². The van der Waals surface area contributed by atoms with Gasteiger partial charge >= 0.3 is 0 Å². The molecule has 1 N–H and O–H groups in total. The lowest BCUT2D eigenvalue weighted by Crippen LogP contribution is -2.18. The largest absolute Gasteiger partial charge is 0.493 e.